The predicted octanol–water partition coefficient (Wildman–Crippen LogP) is 1.57. The Labute approximate surface area is 79.2 Å². The van der Waals surface area contributed by atoms with Crippen molar-refractivity contribution in [3.63, 3.8) is 0 Å². The highest BCUT2D eigenvalue weighted by molar-refractivity contribution is 5.66. The molecule has 0 aliphatic carbocycles. The molecule has 0 unspecified atom stereocenters. The van der Waals surface area contributed by atoms with Crippen molar-refractivity contribution in [3.05, 3.63) is 24.8 Å². The van der Waals surface area contributed by atoms with E-state index in [-0.39, 0.29) is 6.42 Å². The highest BCUT2D eigenvalue weighted by atomic mass is 16.4. The van der Waals surface area contributed by atoms with E-state index in [1.807, 2.05) is 12.2 Å². The molecule has 3 nitrogen and oxygen atoms in total. The summed E-state index contributed by atoms with van der Waals surface area (Å²) in [4.78, 5) is 10.1. The van der Waals surface area contributed by atoms with Gasteiger partial charge in [-0.3, -0.25) is 4.79 Å². The SMILES string of the molecule is C=CC=CCNCCCCC(=O)O. The second kappa shape index (κ2) is 9.00. The molecular weight excluding hydrogens is 166 g/mol. The molecule has 0 spiro atoms. The minimum atomic E-state index is -0.716. The Kier molecular flexibility index (Phi) is 8.25. The highest BCUT2D eigenvalue weighted by Crippen LogP contribution is 1.92. The largest absolute Gasteiger partial charge is 0.481 e. The monoisotopic (exact) mass is 183 g/mol. The van der Waals surface area contributed by atoms with Crippen LogP contribution in [0.3, 0.4) is 0 Å². The molecule has 0 aliphatic heterocycles. The number of hydrogen-bond donors (Lipinski definition) is 2. The van der Waals surface area contributed by atoms with Gasteiger partial charge in [-0.25, -0.2) is 0 Å². The van der Waals surface area contributed by atoms with E-state index in [0.717, 1.165) is 25.9 Å². The Morgan fingerprint density at radius 2 is 2.23 bits per heavy atom. The zero-order valence-corrected chi connectivity index (χ0v) is 7.83. The third-order valence-corrected chi connectivity index (χ3v) is 1.53. The topological polar surface area (TPSA) is 49.3 Å². The fourth-order valence-corrected chi connectivity index (χ4v) is 0.876. The molecule has 0 bridgehead atoms. The molecule has 0 radical (unpaired) electrons. The van der Waals surface area contributed by atoms with Crippen molar-refractivity contribution in [3.8, 4) is 0 Å². The number of carboxylic acid groups (broad SMARTS) is 1. The molecular formula is C10H17NO2. The molecule has 0 heterocycles. The number of nitrogens with one attached hydrogen (secondary N) is 1. The molecule has 3 heteroatoms. The number of carboxylic acids is 1. The Morgan fingerprint density at radius 1 is 1.46 bits per heavy atom. The van der Waals surface area contributed by atoms with Gasteiger partial charge < -0.3 is 10.4 Å². The number of aliphatic carboxylic acids is 1. The maximum atomic E-state index is 10.1. The van der Waals surface area contributed by atoms with Crippen LogP contribution < -0.4 is 5.32 Å². The van der Waals surface area contributed by atoms with E-state index in [2.05, 4.69) is 11.9 Å². The first kappa shape index (κ1) is 11.9. The van der Waals surface area contributed by atoms with Gasteiger partial charge in [0.05, 0.1) is 0 Å². The summed E-state index contributed by atoms with van der Waals surface area (Å²) in [6.07, 6.45) is 7.51. The number of rotatable bonds is 8. The van der Waals surface area contributed by atoms with Crippen LogP contribution in [0.15, 0.2) is 24.8 Å². The third-order valence-electron chi connectivity index (χ3n) is 1.53. The van der Waals surface area contributed by atoms with Gasteiger partial charge in [0.15, 0.2) is 0 Å². The van der Waals surface area contributed by atoms with Gasteiger partial charge in [-0.15, -0.1) is 0 Å². The van der Waals surface area contributed by atoms with Crippen LogP contribution in [0.1, 0.15) is 19.3 Å². The van der Waals surface area contributed by atoms with Crippen molar-refractivity contribution in [2.24, 2.45) is 0 Å². The molecule has 0 atom stereocenters. The average molecular weight is 183 g/mol. The minimum absolute atomic E-state index is 0.268. The summed E-state index contributed by atoms with van der Waals surface area (Å²) < 4.78 is 0. The molecule has 0 amide bonds. The van der Waals surface area contributed by atoms with E-state index in [0.29, 0.717) is 0 Å². The molecule has 0 aromatic rings. The van der Waals surface area contributed by atoms with Crippen molar-refractivity contribution in [2.75, 3.05) is 13.1 Å². The lowest BCUT2D eigenvalue weighted by molar-refractivity contribution is -0.137. The maximum Gasteiger partial charge on any atom is 0.303 e. The molecule has 0 rings (SSSR count). The van der Waals surface area contributed by atoms with Crippen LogP contribution in [0.4, 0.5) is 0 Å². The summed E-state index contributed by atoms with van der Waals surface area (Å²) in [6, 6.07) is 0. The van der Waals surface area contributed by atoms with Crippen molar-refractivity contribution < 1.29 is 9.90 Å². The molecule has 13 heavy (non-hydrogen) atoms. The van der Waals surface area contributed by atoms with Gasteiger partial charge in [0.1, 0.15) is 0 Å². The number of hydrogen-bond acceptors (Lipinski definition) is 2. The van der Waals surface area contributed by atoms with Crippen LogP contribution in [0.2, 0.25) is 0 Å². The Balaban J connectivity index is 3.03. The average Bonchev–Trinajstić information content (AvgIpc) is 2.09. The normalized spacial score (nSPS) is 10.5. The lowest BCUT2D eigenvalue weighted by atomic mass is 10.2. The first-order chi connectivity index (χ1) is 6.27. The summed E-state index contributed by atoms with van der Waals surface area (Å²) in [7, 11) is 0. The van der Waals surface area contributed by atoms with E-state index in [9.17, 15) is 4.79 Å². The van der Waals surface area contributed by atoms with Gasteiger partial charge in [-0.1, -0.05) is 24.8 Å². The maximum absolute atomic E-state index is 10.1. The van der Waals surface area contributed by atoms with Gasteiger partial charge in [0.2, 0.25) is 0 Å². The minimum Gasteiger partial charge on any atom is -0.481 e. The molecule has 2 N–H and O–H groups in total. The number of carbonyl (C=O) groups is 1. The summed E-state index contributed by atoms with van der Waals surface area (Å²) >= 11 is 0. The zero-order valence-electron chi connectivity index (χ0n) is 7.83. The van der Waals surface area contributed by atoms with E-state index >= 15 is 0 Å². The van der Waals surface area contributed by atoms with Crippen molar-refractivity contribution in [1.29, 1.82) is 0 Å². The lowest BCUT2D eigenvalue weighted by Crippen LogP contribution is -2.15. The smallest absolute Gasteiger partial charge is 0.303 e. The van der Waals surface area contributed by atoms with E-state index < -0.39 is 5.97 Å². The fourth-order valence-electron chi connectivity index (χ4n) is 0.876. The summed E-state index contributed by atoms with van der Waals surface area (Å²) in [5, 5.41) is 11.5. The van der Waals surface area contributed by atoms with Gasteiger partial charge in [0.25, 0.3) is 0 Å². The third kappa shape index (κ3) is 10.9. The van der Waals surface area contributed by atoms with Crippen molar-refractivity contribution >= 4 is 5.97 Å². The molecule has 74 valence electrons. The van der Waals surface area contributed by atoms with Crippen LogP contribution in [0.25, 0.3) is 0 Å². The van der Waals surface area contributed by atoms with Crippen molar-refractivity contribution in [2.45, 2.75) is 19.3 Å². The molecule has 0 aromatic carbocycles. The Morgan fingerprint density at radius 3 is 2.85 bits per heavy atom. The van der Waals surface area contributed by atoms with Crippen LogP contribution in [-0.4, -0.2) is 24.2 Å². The number of unbranched alkanes of at least 4 members (excludes halogenated alkanes) is 1. The Hall–Kier alpha value is -1.09. The molecule has 0 saturated carbocycles. The van der Waals surface area contributed by atoms with Crippen molar-refractivity contribution in [1.82, 2.24) is 5.32 Å². The van der Waals surface area contributed by atoms with E-state index in [1.54, 1.807) is 6.08 Å². The second-order valence-electron chi connectivity index (χ2n) is 2.72. The Bertz CT molecular complexity index is 176. The first-order valence-electron chi connectivity index (χ1n) is 4.47. The van der Waals surface area contributed by atoms with Gasteiger partial charge in [0, 0.05) is 13.0 Å². The molecule has 0 aliphatic rings. The quantitative estimate of drug-likeness (QED) is 0.443. The molecule has 0 saturated heterocycles. The van der Waals surface area contributed by atoms with Gasteiger partial charge in [-0.05, 0) is 19.4 Å². The summed E-state index contributed by atoms with van der Waals surface area (Å²) in [5.41, 5.74) is 0. The highest BCUT2D eigenvalue weighted by Gasteiger charge is 1.94. The van der Waals surface area contributed by atoms with Gasteiger partial charge in [-0.2, -0.15) is 0 Å². The summed E-state index contributed by atoms with van der Waals surface area (Å²) in [6.45, 7) is 5.24. The van der Waals surface area contributed by atoms with E-state index in [1.165, 1.54) is 0 Å². The van der Waals surface area contributed by atoms with Crippen LogP contribution in [0.5, 0.6) is 0 Å². The zero-order chi connectivity index (χ0) is 9.94. The predicted molar refractivity (Wildman–Crippen MR) is 53.7 cm³/mol. The lowest BCUT2D eigenvalue weighted by Gasteiger charge is -1.99. The summed E-state index contributed by atoms with van der Waals surface area (Å²) in [5.74, 6) is -0.716. The number of allylic oxidation sites excluding steroid dienone is 2. The second-order valence-corrected chi connectivity index (χ2v) is 2.72. The van der Waals surface area contributed by atoms with Crippen LogP contribution >= 0.6 is 0 Å². The fraction of sp³-hybridized carbons (Fsp3) is 0.500. The van der Waals surface area contributed by atoms with E-state index in [4.69, 9.17) is 5.11 Å². The first-order valence-corrected chi connectivity index (χ1v) is 4.47. The standard InChI is InChI=1S/C10H17NO2/c1-2-3-5-8-11-9-6-4-7-10(12)13/h2-3,5,11H,1,4,6-9H2,(H,12,13). The van der Waals surface area contributed by atoms with Gasteiger partial charge >= 0.3 is 5.97 Å². The van der Waals surface area contributed by atoms with Crippen LogP contribution in [-0.2, 0) is 4.79 Å². The molecule has 0 fully saturated rings. The molecule has 0 aromatic heterocycles. The van der Waals surface area contributed by atoms with Crippen LogP contribution in [0, 0.1) is 0 Å².